The van der Waals surface area contributed by atoms with E-state index in [9.17, 15) is 23.1 Å². The van der Waals surface area contributed by atoms with Crippen molar-refractivity contribution in [2.24, 2.45) is 0 Å². The zero-order valence-corrected chi connectivity index (χ0v) is 18.5. The first-order valence-electron chi connectivity index (χ1n) is 9.12. The molecule has 2 aromatic rings. The third-order valence-corrected chi connectivity index (χ3v) is 7.82. The molecule has 1 aliphatic heterocycles. The first kappa shape index (κ1) is 22.8. The summed E-state index contributed by atoms with van der Waals surface area (Å²) >= 11 is 4.41. The zero-order valence-electron chi connectivity index (χ0n) is 16.1. The number of alkyl halides is 3. The van der Waals surface area contributed by atoms with Gasteiger partial charge in [-0.25, -0.2) is 4.79 Å². The molecule has 0 saturated heterocycles. The van der Waals surface area contributed by atoms with Gasteiger partial charge in [-0.2, -0.15) is 13.2 Å². The van der Waals surface area contributed by atoms with Gasteiger partial charge in [0, 0.05) is 27.3 Å². The van der Waals surface area contributed by atoms with E-state index in [0.717, 1.165) is 17.0 Å². The maximum absolute atomic E-state index is 12.9. The number of carbonyl (C=O) groups is 1. The second-order valence-electron chi connectivity index (χ2n) is 6.65. The van der Waals surface area contributed by atoms with E-state index in [2.05, 4.69) is 0 Å². The summed E-state index contributed by atoms with van der Waals surface area (Å²) in [5, 5.41) is 12.3. The molecule has 30 heavy (non-hydrogen) atoms. The Balaban J connectivity index is 1.69. The first-order valence-corrected chi connectivity index (χ1v) is 11.9. The second-order valence-corrected chi connectivity index (χ2v) is 10.2. The highest BCUT2D eigenvalue weighted by molar-refractivity contribution is 8.05. The summed E-state index contributed by atoms with van der Waals surface area (Å²) in [6.45, 7) is 3.17. The number of thiophene rings is 1. The average molecular weight is 472 g/mol. The fourth-order valence-electron chi connectivity index (χ4n) is 2.89. The van der Waals surface area contributed by atoms with E-state index < -0.39 is 17.7 Å². The minimum atomic E-state index is -4.37. The number of rotatable bonds is 8. The number of carboxylic acids is 1. The molecule has 1 unspecified atom stereocenters. The van der Waals surface area contributed by atoms with Crippen molar-refractivity contribution in [2.75, 3.05) is 12.3 Å². The zero-order chi connectivity index (χ0) is 21.7. The molecule has 0 spiro atoms. The molecule has 0 amide bonds. The molecule has 0 saturated carbocycles. The van der Waals surface area contributed by atoms with Gasteiger partial charge in [0.2, 0.25) is 0 Å². The molecule has 0 fully saturated rings. The maximum Gasteiger partial charge on any atom is 0.416 e. The van der Waals surface area contributed by atoms with Crippen molar-refractivity contribution in [3.8, 4) is 0 Å². The van der Waals surface area contributed by atoms with E-state index in [1.807, 2.05) is 35.4 Å². The van der Waals surface area contributed by atoms with Crippen molar-refractivity contribution in [1.82, 2.24) is 4.90 Å². The van der Waals surface area contributed by atoms with E-state index in [1.165, 1.54) is 29.6 Å². The third-order valence-electron chi connectivity index (χ3n) is 4.24. The Bertz CT molecular complexity index is 939. The lowest BCUT2D eigenvalue weighted by molar-refractivity contribution is -0.137. The van der Waals surface area contributed by atoms with Crippen LogP contribution in [0.5, 0.6) is 0 Å². The lowest BCUT2D eigenvalue weighted by Crippen LogP contribution is -2.27. The molecule has 9 heteroatoms. The molecular formula is C21H20F3NO2S3. The summed E-state index contributed by atoms with van der Waals surface area (Å²) in [5.41, 5.74) is -0.415. The van der Waals surface area contributed by atoms with Crippen molar-refractivity contribution in [3.63, 3.8) is 0 Å². The Morgan fingerprint density at radius 1 is 1.30 bits per heavy atom. The molecule has 3 nitrogen and oxygen atoms in total. The van der Waals surface area contributed by atoms with Crippen LogP contribution < -0.4 is 0 Å². The van der Waals surface area contributed by atoms with Crippen molar-refractivity contribution >= 4 is 40.8 Å². The van der Waals surface area contributed by atoms with Crippen LogP contribution in [-0.4, -0.2) is 33.5 Å². The Kier molecular flexibility index (Phi) is 7.60. The van der Waals surface area contributed by atoms with E-state index >= 15 is 0 Å². The summed E-state index contributed by atoms with van der Waals surface area (Å²) in [4.78, 5) is 15.4. The Morgan fingerprint density at radius 3 is 2.77 bits per heavy atom. The standard InChI is InChI=1S/C21H20F3NO2S3/c1-14(30-16-6-2-5-15(11-16)21(22,23)24)13-29-19-18(20(26)27)8-3-9-25(19)12-17-7-4-10-28-17/h2-8,10-11,14H,9,12-13H2,1H3,(H,26,27). The lowest BCUT2D eigenvalue weighted by Gasteiger charge is -2.29. The van der Waals surface area contributed by atoms with Crippen molar-refractivity contribution in [1.29, 1.82) is 0 Å². The number of nitrogens with zero attached hydrogens (tertiary/aromatic N) is 1. The summed E-state index contributed by atoms with van der Waals surface area (Å²) in [6.07, 6.45) is -0.908. The van der Waals surface area contributed by atoms with Crippen molar-refractivity contribution < 1.29 is 23.1 Å². The highest BCUT2D eigenvalue weighted by atomic mass is 32.2. The van der Waals surface area contributed by atoms with Gasteiger partial charge < -0.3 is 10.0 Å². The quantitative estimate of drug-likeness (QED) is 0.455. The highest BCUT2D eigenvalue weighted by Gasteiger charge is 2.30. The van der Waals surface area contributed by atoms with Crippen LogP contribution in [0.1, 0.15) is 17.4 Å². The highest BCUT2D eigenvalue weighted by Crippen LogP contribution is 2.36. The predicted molar refractivity (Wildman–Crippen MR) is 118 cm³/mol. The lowest BCUT2D eigenvalue weighted by atomic mass is 10.2. The number of halogens is 3. The van der Waals surface area contributed by atoms with Gasteiger partial charge >= 0.3 is 12.1 Å². The molecule has 0 bridgehead atoms. The topological polar surface area (TPSA) is 40.5 Å². The van der Waals surface area contributed by atoms with Gasteiger partial charge in [-0.1, -0.05) is 25.1 Å². The maximum atomic E-state index is 12.9. The van der Waals surface area contributed by atoms with Gasteiger partial charge in [0.1, 0.15) is 0 Å². The number of hydrogen-bond donors (Lipinski definition) is 1. The molecular weight excluding hydrogens is 451 g/mol. The minimum absolute atomic E-state index is 0.00415. The van der Waals surface area contributed by atoms with Crippen LogP contribution in [0.25, 0.3) is 0 Å². The van der Waals surface area contributed by atoms with Crippen molar-refractivity contribution in [2.45, 2.75) is 29.8 Å². The average Bonchev–Trinajstić information content (AvgIpc) is 3.19. The fourth-order valence-corrected chi connectivity index (χ4v) is 5.93. The van der Waals surface area contributed by atoms with Crippen molar-refractivity contribution in [3.05, 3.63) is 75.0 Å². The molecule has 0 aliphatic carbocycles. The van der Waals surface area contributed by atoms with Crippen LogP contribution in [0.15, 0.2) is 69.4 Å². The number of aliphatic carboxylic acids is 1. The number of hydrogen-bond acceptors (Lipinski definition) is 5. The molecule has 2 heterocycles. The molecule has 1 aliphatic rings. The third kappa shape index (κ3) is 6.09. The Labute approximate surface area is 185 Å². The first-order chi connectivity index (χ1) is 14.2. The van der Waals surface area contributed by atoms with Gasteiger partial charge in [-0.05, 0) is 35.7 Å². The van der Waals surface area contributed by atoms with Crippen LogP contribution in [-0.2, 0) is 17.5 Å². The van der Waals surface area contributed by atoms with E-state index in [-0.39, 0.29) is 10.8 Å². The molecule has 1 aromatic carbocycles. The Hall–Kier alpha value is -1.84. The molecule has 0 radical (unpaired) electrons. The summed E-state index contributed by atoms with van der Waals surface area (Å²) in [6, 6.07) is 9.25. The molecule has 160 valence electrons. The number of thioether (sulfide) groups is 2. The minimum Gasteiger partial charge on any atom is -0.478 e. The van der Waals surface area contributed by atoms with Gasteiger partial charge in [-0.15, -0.1) is 34.9 Å². The largest absolute Gasteiger partial charge is 0.478 e. The van der Waals surface area contributed by atoms with Crippen LogP contribution >= 0.6 is 34.9 Å². The second kappa shape index (κ2) is 9.98. The monoisotopic (exact) mass is 471 g/mol. The van der Waals surface area contributed by atoms with Gasteiger partial charge in [0.15, 0.2) is 0 Å². The van der Waals surface area contributed by atoms with Crippen LogP contribution in [0, 0.1) is 0 Å². The van der Waals surface area contributed by atoms with E-state index in [1.54, 1.807) is 23.5 Å². The van der Waals surface area contributed by atoms with Gasteiger partial charge in [0.05, 0.1) is 22.7 Å². The molecule has 1 N–H and O–H groups in total. The van der Waals surface area contributed by atoms with E-state index in [4.69, 9.17) is 0 Å². The number of benzene rings is 1. The normalized spacial score (nSPS) is 15.5. The van der Waals surface area contributed by atoms with E-state index in [0.29, 0.717) is 28.8 Å². The van der Waals surface area contributed by atoms with Crippen LogP contribution in [0.3, 0.4) is 0 Å². The smallest absolute Gasteiger partial charge is 0.416 e. The predicted octanol–water partition coefficient (Wildman–Crippen LogP) is 6.35. The number of carboxylic acid groups (broad SMARTS) is 1. The molecule has 3 rings (SSSR count). The summed E-state index contributed by atoms with van der Waals surface area (Å²) in [7, 11) is 0. The Morgan fingerprint density at radius 2 is 2.10 bits per heavy atom. The summed E-state index contributed by atoms with van der Waals surface area (Å²) in [5.74, 6) is -0.412. The fraction of sp³-hybridized carbons (Fsp3) is 0.286. The molecule has 1 aromatic heterocycles. The van der Waals surface area contributed by atoms with Gasteiger partial charge in [-0.3, -0.25) is 0 Å². The van der Waals surface area contributed by atoms with Crippen LogP contribution in [0.4, 0.5) is 13.2 Å². The summed E-state index contributed by atoms with van der Waals surface area (Å²) < 4.78 is 38.8. The van der Waals surface area contributed by atoms with Crippen LogP contribution in [0.2, 0.25) is 0 Å². The molecule has 1 atom stereocenters. The van der Waals surface area contributed by atoms with Gasteiger partial charge in [0.25, 0.3) is 0 Å². The SMILES string of the molecule is CC(CSC1=C(C(=O)O)C=CCN1Cc1cccs1)Sc1cccc(C(F)(F)F)c1.